The fourth-order valence-corrected chi connectivity index (χ4v) is 2.65. The molecule has 0 fully saturated rings. The predicted molar refractivity (Wildman–Crippen MR) is 102 cm³/mol. The lowest BCUT2D eigenvalue weighted by Gasteiger charge is -2.22. The molecule has 0 unspecified atom stereocenters. The molecule has 0 saturated heterocycles. The van der Waals surface area contributed by atoms with Gasteiger partial charge in [-0.15, -0.1) is 0 Å². The van der Waals surface area contributed by atoms with E-state index in [1.165, 1.54) is 11.1 Å². The number of rotatable bonds is 12. The maximum absolute atomic E-state index is 5.74. The molecule has 4 N–H and O–H groups in total. The van der Waals surface area contributed by atoms with Crippen molar-refractivity contribution in [2.45, 2.75) is 13.1 Å². The summed E-state index contributed by atoms with van der Waals surface area (Å²) in [5.74, 6) is 0. The van der Waals surface area contributed by atoms with E-state index < -0.39 is 0 Å². The van der Waals surface area contributed by atoms with E-state index in [9.17, 15) is 0 Å². The molecule has 0 aliphatic carbocycles. The Balaban J connectivity index is 1.58. The second-order valence-electron chi connectivity index (χ2n) is 5.96. The van der Waals surface area contributed by atoms with Gasteiger partial charge < -0.3 is 16.4 Å². The van der Waals surface area contributed by atoms with Gasteiger partial charge in [0.25, 0.3) is 0 Å². The summed E-state index contributed by atoms with van der Waals surface area (Å²) < 4.78 is 0. The zero-order valence-corrected chi connectivity index (χ0v) is 14.5. The quantitative estimate of drug-likeness (QED) is 0.521. The van der Waals surface area contributed by atoms with Gasteiger partial charge in [0.15, 0.2) is 0 Å². The molecule has 0 atom stereocenters. The monoisotopic (exact) mass is 326 g/mol. The van der Waals surface area contributed by atoms with Gasteiger partial charge in [-0.25, -0.2) is 0 Å². The average molecular weight is 326 g/mol. The second kappa shape index (κ2) is 11.8. The molecule has 0 aliphatic rings. The van der Waals surface area contributed by atoms with Crippen molar-refractivity contribution in [3.63, 3.8) is 0 Å². The van der Waals surface area contributed by atoms with Crippen molar-refractivity contribution >= 4 is 0 Å². The molecule has 0 radical (unpaired) electrons. The van der Waals surface area contributed by atoms with E-state index in [0.717, 1.165) is 45.8 Å². The summed E-state index contributed by atoms with van der Waals surface area (Å²) >= 11 is 0. The Bertz CT molecular complexity index is 482. The van der Waals surface area contributed by atoms with Crippen molar-refractivity contribution in [2.24, 2.45) is 5.73 Å². The summed E-state index contributed by atoms with van der Waals surface area (Å²) in [7, 11) is 0. The summed E-state index contributed by atoms with van der Waals surface area (Å²) in [5, 5.41) is 7.01. The van der Waals surface area contributed by atoms with Crippen LogP contribution in [0.2, 0.25) is 0 Å². The summed E-state index contributed by atoms with van der Waals surface area (Å²) in [4.78, 5) is 2.41. The number of hydrogen-bond acceptors (Lipinski definition) is 4. The minimum atomic E-state index is 0.706. The highest BCUT2D eigenvalue weighted by Gasteiger charge is 2.03. The standard InChI is InChI=1S/C20H30N4/c21-11-14-24(15-12-22-17-19-7-3-1-4-8-19)16-13-23-18-20-9-5-2-6-10-20/h1-10,22-23H,11-18,21H2. The highest BCUT2D eigenvalue weighted by molar-refractivity contribution is 5.14. The summed E-state index contributed by atoms with van der Waals surface area (Å²) in [6.45, 7) is 7.50. The van der Waals surface area contributed by atoms with Gasteiger partial charge in [-0.3, -0.25) is 4.90 Å². The van der Waals surface area contributed by atoms with Crippen LogP contribution in [0.5, 0.6) is 0 Å². The Morgan fingerprint density at radius 1 is 0.667 bits per heavy atom. The van der Waals surface area contributed by atoms with Crippen LogP contribution in [0.15, 0.2) is 60.7 Å². The highest BCUT2D eigenvalue weighted by atomic mass is 15.2. The number of benzene rings is 2. The van der Waals surface area contributed by atoms with E-state index in [2.05, 4.69) is 76.2 Å². The molecule has 130 valence electrons. The van der Waals surface area contributed by atoms with E-state index in [1.807, 2.05) is 0 Å². The van der Waals surface area contributed by atoms with Crippen molar-refractivity contribution < 1.29 is 0 Å². The van der Waals surface area contributed by atoms with Crippen LogP contribution >= 0.6 is 0 Å². The Labute approximate surface area is 146 Å². The maximum Gasteiger partial charge on any atom is 0.0206 e. The number of nitrogens with two attached hydrogens (primary N) is 1. The first-order valence-electron chi connectivity index (χ1n) is 8.80. The molecule has 24 heavy (non-hydrogen) atoms. The highest BCUT2D eigenvalue weighted by Crippen LogP contribution is 1.98. The average Bonchev–Trinajstić information content (AvgIpc) is 2.64. The lowest BCUT2D eigenvalue weighted by Crippen LogP contribution is -2.39. The van der Waals surface area contributed by atoms with Crippen LogP contribution in [0.4, 0.5) is 0 Å². The minimum absolute atomic E-state index is 0.706. The molecule has 4 nitrogen and oxygen atoms in total. The molecule has 0 heterocycles. The molecule has 4 heteroatoms. The van der Waals surface area contributed by atoms with Crippen LogP contribution in [-0.2, 0) is 13.1 Å². The van der Waals surface area contributed by atoms with Crippen LogP contribution in [0.1, 0.15) is 11.1 Å². The van der Waals surface area contributed by atoms with Gasteiger partial charge in [0.2, 0.25) is 0 Å². The van der Waals surface area contributed by atoms with Crippen molar-refractivity contribution in [2.75, 3.05) is 39.3 Å². The molecular formula is C20H30N4. The molecule has 0 spiro atoms. The summed E-state index contributed by atoms with van der Waals surface area (Å²) in [6.07, 6.45) is 0. The van der Waals surface area contributed by atoms with Gasteiger partial charge in [0.05, 0.1) is 0 Å². The first-order valence-corrected chi connectivity index (χ1v) is 8.80. The van der Waals surface area contributed by atoms with Gasteiger partial charge in [0, 0.05) is 52.4 Å². The van der Waals surface area contributed by atoms with E-state index in [0.29, 0.717) is 6.54 Å². The number of nitrogens with one attached hydrogen (secondary N) is 2. The lowest BCUT2D eigenvalue weighted by molar-refractivity contribution is 0.279. The predicted octanol–water partition coefficient (Wildman–Crippen LogP) is 1.83. The van der Waals surface area contributed by atoms with Crippen LogP contribution < -0.4 is 16.4 Å². The number of hydrogen-bond donors (Lipinski definition) is 3. The SMILES string of the molecule is NCCN(CCNCc1ccccc1)CCNCc1ccccc1. The third kappa shape index (κ3) is 7.70. The second-order valence-corrected chi connectivity index (χ2v) is 5.96. The fourth-order valence-electron chi connectivity index (χ4n) is 2.65. The third-order valence-electron chi connectivity index (χ3n) is 4.00. The molecule has 0 bridgehead atoms. The minimum Gasteiger partial charge on any atom is -0.329 e. The van der Waals surface area contributed by atoms with E-state index in [-0.39, 0.29) is 0 Å². The Hall–Kier alpha value is -1.72. The zero-order chi connectivity index (χ0) is 16.9. The largest absolute Gasteiger partial charge is 0.329 e. The van der Waals surface area contributed by atoms with Gasteiger partial charge in [-0.05, 0) is 11.1 Å². The molecule has 0 aliphatic heterocycles. The third-order valence-corrected chi connectivity index (χ3v) is 4.00. The Morgan fingerprint density at radius 3 is 1.54 bits per heavy atom. The first-order chi connectivity index (χ1) is 11.9. The van der Waals surface area contributed by atoms with E-state index in [1.54, 1.807) is 0 Å². The normalized spacial score (nSPS) is 11.1. The lowest BCUT2D eigenvalue weighted by atomic mass is 10.2. The first kappa shape index (κ1) is 18.6. The molecular weight excluding hydrogens is 296 g/mol. The van der Waals surface area contributed by atoms with E-state index in [4.69, 9.17) is 5.73 Å². The molecule has 2 aromatic carbocycles. The zero-order valence-electron chi connectivity index (χ0n) is 14.5. The topological polar surface area (TPSA) is 53.3 Å². The molecule has 0 amide bonds. The van der Waals surface area contributed by atoms with Gasteiger partial charge in [0.1, 0.15) is 0 Å². The Kier molecular flexibility index (Phi) is 9.12. The van der Waals surface area contributed by atoms with Gasteiger partial charge >= 0.3 is 0 Å². The van der Waals surface area contributed by atoms with Crippen LogP contribution in [0, 0.1) is 0 Å². The van der Waals surface area contributed by atoms with Crippen molar-refractivity contribution in [1.29, 1.82) is 0 Å². The molecule has 2 aromatic rings. The summed E-state index contributed by atoms with van der Waals surface area (Å²) in [6, 6.07) is 21.0. The van der Waals surface area contributed by atoms with Crippen molar-refractivity contribution in [3.8, 4) is 0 Å². The van der Waals surface area contributed by atoms with Crippen LogP contribution in [0.25, 0.3) is 0 Å². The molecule has 0 aromatic heterocycles. The molecule has 2 rings (SSSR count). The van der Waals surface area contributed by atoms with Gasteiger partial charge in [-0.2, -0.15) is 0 Å². The molecule has 0 saturated carbocycles. The summed E-state index contributed by atoms with van der Waals surface area (Å²) in [5.41, 5.74) is 8.39. The maximum atomic E-state index is 5.74. The number of nitrogens with zero attached hydrogens (tertiary/aromatic N) is 1. The van der Waals surface area contributed by atoms with Crippen LogP contribution in [-0.4, -0.2) is 44.2 Å². The van der Waals surface area contributed by atoms with Crippen LogP contribution in [0.3, 0.4) is 0 Å². The fraction of sp³-hybridized carbons (Fsp3) is 0.400. The smallest absolute Gasteiger partial charge is 0.0206 e. The van der Waals surface area contributed by atoms with E-state index >= 15 is 0 Å². The van der Waals surface area contributed by atoms with Gasteiger partial charge in [-0.1, -0.05) is 60.7 Å². The van der Waals surface area contributed by atoms with Crippen molar-refractivity contribution in [1.82, 2.24) is 15.5 Å². The Morgan fingerprint density at radius 2 is 1.12 bits per heavy atom. The van der Waals surface area contributed by atoms with Crippen molar-refractivity contribution in [3.05, 3.63) is 71.8 Å².